The Morgan fingerprint density at radius 2 is 2.00 bits per heavy atom. The summed E-state index contributed by atoms with van der Waals surface area (Å²) < 4.78 is 27.4. The maximum absolute atomic E-state index is 13.4. The number of aromatic nitrogens is 2. The maximum Gasteiger partial charge on any atom is 0.329 e. The van der Waals surface area contributed by atoms with Gasteiger partial charge in [-0.25, -0.2) is 13.6 Å². The van der Waals surface area contributed by atoms with Gasteiger partial charge in [0.15, 0.2) is 11.6 Å². The van der Waals surface area contributed by atoms with Crippen molar-refractivity contribution in [2.45, 2.75) is 6.54 Å². The predicted octanol–water partition coefficient (Wildman–Crippen LogP) is 4.12. The van der Waals surface area contributed by atoms with Gasteiger partial charge in [0.05, 0.1) is 12.2 Å². The summed E-state index contributed by atoms with van der Waals surface area (Å²) in [6.07, 6.45) is 3.19. The Kier molecular flexibility index (Phi) is 4.16. The zero-order valence-corrected chi connectivity index (χ0v) is 14.5. The number of aliphatic imine (C=N–C) groups is 1. The van der Waals surface area contributed by atoms with E-state index < -0.39 is 17.3 Å². The molecule has 3 aromatic rings. The standard InChI is InChI=1S/C19H12ClF2N3O2/c20-12-2-3-13-11(8-23-16(13)7-12)6-17-18(26)25(19(27)24-17)9-10-1-4-14(21)15(22)5-10/h1-8,26H,9H2,(H,24,27). The highest BCUT2D eigenvalue weighted by atomic mass is 35.5. The van der Waals surface area contributed by atoms with Crippen molar-refractivity contribution < 1.29 is 13.9 Å². The van der Waals surface area contributed by atoms with Gasteiger partial charge in [-0.2, -0.15) is 0 Å². The number of allylic oxidation sites excluding steroid dienone is 1. The first-order valence-corrected chi connectivity index (χ1v) is 8.31. The molecule has 1 aliphatic rings. The summed E-state index contributed by atoms with van der Waals surface area (Å²) in [5.41, 5.74) is 2.15. The number of nitrogens with one attached hydrogen (secondary N) is 1. The van der Waals surface area contributed by atoms with E-state index >= 15 is 0 Å². The Labute approximate surface area is 156 Å². The van der Waals surface area contributed by atoms with Crippen LogP contribution < -0.4 is 5.69 Å². The van der Waals surface area contributed by atoms with Crippen LogP contribution in [0.5, 0.6) is 5.88 Å². The third kappa shape index (κ3) is 3.17. The monoisotopic (exact) mass is 387 g/mol. The molecule has 0 atom stereocenters. The van der Waals surface area contributed by atoms with Crippen molar-refractivity contribution in [3.63, 3.8) is 0 Å². The quantitative estimate of drug-likeness (QED) is 0.709. The largest absolute Gasteiger partial charge is 0.493 e. The van der Waals surface area contributed by atoms with Crippen molar-refractivity contribution in [3.05, 3.63) is 80.4 Å². The normalized spacial score (nSPS) is 14.1. The van der Waals surface area contributed by atoms with Crippen molar-refractivity contribution >= 4 is 35.2 Å². The van der Waals surface area contributed by atoms with Gasteiger partial charge in [-0.05, 0) is 35.9 Å². The van der Waals surface area contributed by atoms with Crippen molar-refractivity contribution in [1.82, 2.24) is 9.55 Å². The van der Waals surface area contributed by atoms with E-state index in [1.807, 2.05) is 0 Å². The first kappa shape index (κ1) is 17.2. The molecular formula is C19H12ClF2N3O2. The number of fused-ring (bicyclic) bond motifs is 1. The molecule has 0 unspecified atom stereocenters. The number of imidazole rings is 1. The first-order chi connectivity index (χ1) is 12.9. The molecule has 27 heavy (non-hydrogen) atoms. The van der Waals surface area contributed by atoms with Gasteiger partial charge in [0, 0.05) is 22.4 Å². The molecule has 1 aromatic heterocycles. The van der Waals surface area contributed by atoms with E-state index in [1.54, 1.807) is 30.5 Å². The van der Waals surface area contributed by atoms with E-state index in [9.17, 15) is 18.7 Å². The number of halogens is 3. The van der Waals surface area contributed by atoms with Gasteiger partial charge in [0.25, 0.3) is 0 Å². The number of aromatic amines is 1. The van der Waals surface area contributed by atoms with Gasteiger partial charge in [-0.15, -0.1) is 0 Å². The molecule has 4 rings (SSSR count). The molecule has 0 fully saturated rings. The lowest BCUT2D eigenvalue weighted by atomic mass is 10.1. The lowest BCUT2D eigenvalue weighted by molar-refractivity contribution is 0.420. The average molecular weight is 388 g/mol. The van der Waals surface area contributed by atoms with Gasteiger partial charge < -0.3 is 10.1 Å². The summed E-state index contributed by atoms with van der Waals surface area (Å²) in [6, 6.07) is 8.53. The molecule has 2 heterocycles. The summed E-state index contributed by atoms with van der Waals surface area (Å²) >= 11 is 5.94. The second-order valence-corrected chi connectivity index (χ2v) is 6.46. The van der Waals surface area contributed by atoms with Gasteiger partial charge in [0.1, 0.15) is 5.69 Å². The number of benzene rings is 2. The maximum atomic E-state index is 13.4. The van der Waals surface area contributed by atoms with Crippen molar-refractivity contribution in [2.24, 2.45) is 4.99 Å². The number of hydrogen-bond donors (Lipinski definition) is 2. The van der Waals surface area contributed by atoms with Crippen molar-refractivity contribution in [2.75, 3.05) is 0 Å². The predicted molar refractivity (Wildman–Crippen MR) is 99.7 cm³/mol. The third-order valence-electron chi connectivity index (χ3n) is 4.22. The van der Waals surface area contributed by atoms with Crippen LogP contribution in [0.4, 0.5) is 14.5 Å². The Bertz CT molecular complexity index is 1180. The number of aromatic hydroxyl groups is 1. The van der Waals surface area contributed by atoms with Crippen LogP contribution in [-0.2, 0) is 6.54 Å². The summed E-state index contributed by atoms with van der Waals surface area (Å²) in [5, 5.41) is 11.0. The second-order valence-electron chi connectivity index (χ2n) is 6.02. The van der Waals surface area contributed by atoms with Crippen molar-refractivity contribution in [1.29, 1.82) is 0 Å². The Balaban J connectivity index is 1.69. The lowest BCUT2D eigenvalue weighted by Gasteiger charge is -2.04. The molecule has 0 bridgehead atoms. The molecular weight excluding hydrogens is 376 g/mol. The minimum absolute atomic E-state index is 0.109. The van der Waals surface area contributed by atoms with Crippen LogP contribution in [-0.4, -0.2) is 20.9 Å². The SMILES string of the molecule is O=c1[nH]c(C=C2C=Nc3cc(Cl)ccc32)c(O)n1Cc1ccc(F)c(F)c1. The zero-order chi connectivity index (χ0) is 19.1. The minimum Gasteiger partial charge on any atom is -0.493 e. The summed E-state index contributed by atoms with van der Waals surface area (Å²) in [7, 11) is 0. The number of hydrogen-bond acceptors (Lipinski definition) is 3. The smallest absolute Gasteiger partial charge is 0.329 e. The Morgan fingerprint density at radius 3 is 2.78 bits per heavy atom. The van der Waals surface area contributed by atoms with Crippen LogP contribution >= 0.6 is 11.6 Å². The number of nitrogens with zero attached hydrogens (tertiary/aromatic N) is 2. The van der Waals surface area contributed by atoms with E-state index in [2.05, 4.69) is 9.98 Å². The van der Waals surface area contributed by atoms with E-state index in [-0.39, 0.29) is 18.1 Å². The average Bonchev–Trinajstić information content (AvgIpc) is 3.14. The Hall–Kier alpha value is -3.19. The summed E-state index contributed by atoms with van der Waals surface area (Å²) in [4.78, 5) is 19.0. The number of rotatable bonds is 3. The van der Waals surface area contributed by atoms with Crippen LogP contribution in [0.3, 0.4) is 0 Å². The van der Waals surface area contributed by atoms with Crippen LogP contribution in [0.25, 0.3) is 11.6 Å². The highest BCUT2D eigenvalue weighted by Crippen LogP contribution is 2.35. The Morgan fingerprint density at radius 1 is 1.19 bits per heavy atom. The minimum atomic E-state index is -1.02. The summed E-state index contributed by atoms with van der Waals surface area (Å²) in [5.74, 6) is -2.31. The van der Waals surface area contributed by atoms with Crippen molar-refractivity contribution in [3.8, 4) is 5.88 Å². The van der Waals surface area contributed by atoms with Gasteiger partial charge in [0.2, 0.25) is 5.88 Å². The molecule has 2 aromatic carbocycles. The molecule has 0 saturated heterocycles. The molecule has 8 heteroatoms. The first-order valence-electron chi connectivity index (χ1n) is 7.94. The highest BCUT2D eigenvalue weighted by molar-refractivity contribution is 6.31. The molecule has 5 nitrogen and oxygen atoms in total. The fourth-order valence-corrected chi connectivity index (χ4v) is 3.05. The van der Waals surface area contributed by atoms with Crippen LogP contribution in [0.1, 0.15) is 16.8 Å². The van der Waals surface area contributed by atoms with Gasteiger partial charge in [-0.3, -0.25) is 9.56 Å². The molecule has 0 aliphatic carbocycles. The van der Waals surface area contributed by atoms with Gasteiger partial charge in [-0.1, -0.05) is 23.7 Å². The molecule has 0 spiro atoms. The molecule has 0 amide bonds. The molecule has 1 aliphatic heterocycles. The van der Waals surface area contributed by atoms with Crippen LogP contribution in [0.2, 0.25) is 5.02 Å². The zero-order valence-electron chi connectivity index (χ0n) is 13.7. The third-order valence-corrected chi connectivity index (χ3v) is 4.46. The molecule has 0 radical (unpaired) electrons. The van der Waals surface area contributed by atoms with E-state index in [0.717, 1.165) is 22.3 Å². The highest BCUT2D eigenvalue weighted by Gasteiger charge is 2.17. The number of H-pyrrole nitrogens is 1. The fraction of sp³-hybridized carbons (Fsp3) is 0.0526. The topological polar surface area (TPSA) is 70.4 Å². The summed E-state index contributed by atoms with van der Waals surface area (Å²) in [6.45, 7) is -0.109. The fourth-order valence-electron chi connectivity index (χ4n) is 2.88. The molecule has 0 saturated carbocycles. The van der Waals surface area contributed by atoms with Crippen LogP contribution in [0, 0.1) is 11.6 Å². The molecule has 136 valence electrons. The van der Waals surface area contributed by atoms with E-state index in [4.69, 9.17) is 11.6 Å². The lowest BCUT2D eigenvalue weighted by Crippen LogP contribution is -2.17. The van der Waals surface area contributed by atoms with E-state index in [0.29, 0.717) is 21.8 Å². The van der Waals surface area contributed by atoms with Gasteiger partial charge >= 0.3 is 5.69 Å². The molecule has 2 N–H and O–H groups in total. The van der Waals surface area contributed by atoms with Crippen LogP contribution in [0.15, 0.2) is 46.2 Å². The van der Waals surface area contributed by atoms with E-state index in [1.165, 1.54) is 6.07 Å². The second kappa shape index (κ2) is 6.51.